The van der Waals surface area contributed by atoms with E-state index in [2.05, 4.69) is 27.8 Å². The standard InChI is InChI=1S/C17H20ClN3O.HI/c1-19-16(20-11-15-6-3-9-22-15)21-12-17(7-8-17)13-4-2-5-14(18)10-13;/h2-6,9-10H,7-8,11-12H2,1H3,(H2,19,20,21);1H. The maximum Gasteiger partial charge on any atom is 0.191 e. The third kappa shape index (κ3) is 4.64. The molecule has 6 heteroatoms. The first-order valence-corrected chi connectivity index (χ1v) is 7.83. The molecule has 1 aliphatic rings. The topological polar surface area (TPSA) is 49.6 Å². The fraction of sp³-hybridized carbons (Fsp3) is 0.353. The summed E-state index contributed by atoms with van der Waals surface area (Å²) in [5.74, 6) is 1.67. The van der Waals surface area contributed by atoms with Crippen molar-refractivity contribution in [3.8, 4) is 0 Å². The number of benzene rings is 1. The van der Waals surface area contributed by atoms with E-state index in [-0.39, 0.29) is 29.4 Å². The molecule has 0 amide bonds. The quantitative estimate of drug-likeness (QED) is 0.416. The molecule has 0 bridgehead atoms. The summed E-state index contributed by atoms with van der Waals surface area (Å²) in [6.07, 6.45) is 4.02. The van der Waals surface area contributed by atoms with Crippen LogP contribution in [0.2, 0.25) is 5.02 Å². The Kier molecular flexibility index (Phi) is 6.35. The van der Waals surface area contributed by atoms with E-state index in [1.807, 2.05) is 24.3 Å². The van der Waals surface area contributed by atoms with Crippen molar-refractivity contribution < 1.29 is 4.42 Å². The third-order valence-electron chi connectivity index (χ3n) is 4.12. The Labute approximate surface area is 158 Å². The molecule has 0 radical (unpaired) electrons. The summed E-state index contributed by atoms with van der Waals surface area (Å²) in [5, 5.41) is 7.46. The molecule has 3 rings (SSSR count). The maximum atomic E-state index is 6.11. The average Bonchev–Trinajstić information content (AvgIpc) is 3.14. The molecule has 0 spiro atoms. The van der Waals surface area contributed by atoms with E-state index < -0.39 is 0 Å². The van der Waals surface area contributed by atoms with Gasteiger partial charge < -0.3 is 15.1 Å². The largest absolute Gasteiger partial charge is 0.467 e. The molecular formula is C17H21ClIN3O. The summed E-state index contributed by atoms with van der Waals surface area (Å²) < 4.78 is 5.31. The number of nitrogens with one attached hydrogen (secondary N) is 2. The SMILES string of the molecule is CN=C(NCc1ccco1)NCC1(c2cccc(Cl)c2)CC1.I. The van der Waals surface area contributed by atoms with Crippen LogP contribution in [-0.2, 0) is 12.0 Å². The highest BCUT2D eigenvalue weighted by atomic mass is 127. The predicted molar refractivity (Wildman–Crippen MR) is 105 cm³/mol. The lowest BCUT2D eigenvalue weighted by atomic mass is 9.96. The Morgan fingerprint density at radius 3 is 2.70 bits per heavy atom. The van der Waals surface area contributed by atoms with Crippen molar-refractivity contribution in [2.45, 2.75) is 24.8 Å². The van der Waals surface area contributed by atoms with Gasteiger partial charge in [-0.3, -0.25) is 4.99 Å². The first-order valence-electron chi connectivity index (χ1n) is 7.45. The lowest BCUT2D eigenvalue weighted by molar-refractivity contribution is 0.501. The molecule has 124 valence electrons. The van der Waals surface area contributed by atoms with Gasteiger partial charge in [0, 0.05) is 24.0 Å². The Balaban J connectivity index is 0.00000192. The second kappa shape index (κ2) is 8.06. The molecule has 4 nitrogen and oxygen atoms in total. The Morgan fingerprint density at radius 1 is 1.26 bits per heavy atom. The van der Waals surface area contributed by atoms with Crippen LogP contribution in [0.1, 0.15) is 24.2 Å². The highest BCUT2D eigenvalue weighted by Gasteiger charge is 2.44. The highest BCUT2D eigenvalue weighted by Crippen LogP contribution is 2.48. The van der Waals surface area contributed by atoms with Crippen molar-refractivity contribution in [1.29, 1.82) is 0 Å². The Hall–Kier alpha value is -1.21. The van der Waals surface area contributed by atoms with Gasteiger partial charge in [-0.1, -0.05) is 23.7 Å². The fourth-order valence-electron chi connectivity index (χ4n) is 2.59. The van der Waals surface area contributed by atoms with Gasteiger partial charge in [0.05, 0.1) is 12.8 Å². The second-order valence-corrected chi connectivity index (χ2v) is 6.09. The molecule has 0 saturated heterocycles. The predicted octanol–water partition coefficient (Wildman–Crippen LogP) is 3.95. The zero-order valence-corrected chi connectivity index (χ0v) is 16.1. The molecular weight excluding hydrogens is 425 g/mol. The number of furan rings is 1. The van der Waals surface area contributed by atoms with Gasteiger partial charge in [0.25, 0.3) is 0 Å². The molecule has 1 saturated carbocycles. The average molecular weight is 446 g/mol. The van der Waals surface area contributed by atoms with Gasteiger partial charge in [0.2, 0.25) is 0 Å². The van der Waals surface area contributed by atoms with Crippen LogP contribution in [0, 0.1) is 0 Å². The van der Waals surface area contributed by atoms with Crippen LogP contribution in [0.3, 0.4) is 0 Å². The van der Waals surface area contributed by atoms with E-state index in [1.165, 1.54) is 18.4 Å². The van der Waals surface area contributed by atoms with Crippen LogP contribution < -0.4 is 10.6 Å². The molecule has 23 heavy (non-hydrogen) atoms. The van der Waals surface area contributed by atoms with Gasteiger partial charge in [0.15, 0.2) is 5.96 Å². The Morgan fingerprint density at radius 2 is 2.09 bits per heavy atom. The van der Waals surface area contributed by atoms with E-state index in [4.69, 9.17) is 16.0 Å². The number of halogens is 2. The van der Waals surface area contributed by atoms with E-state index in [9.17, 15) is 0 Å². The molecule has 1 fully saturated rings. The minimum atomic E-state index is 0. The van der Waals surface area contributed by atoms with Crippen molar-refractivity contribution in [3.63, 3.8) is 0 Å². The molecule has 2 aromatic rings. The van der Waals surface area contributed by atoms with Crippen LogP contribution in [0.25, 0.3) is 0 Å². The number of rotatable bonds is 5. The van der Waals surface area contributed by atoms with Crippen LogP contribution in [0.15, 0.2) is 52.1 Å². The van der Waals surface area contributed by atoms with E-state index in [0.717, 1.165) is 23.3 Å². The summed E-state index contributed by atoms with van der Waals surface area (Å²) >= 11 is 6.11. The number of hydrogen-bond donors (Lipinski definition) is 2. The van der Waals surface area contributed by atoms with Gasteiger partial charge in [-0.25, -0.2) is 0 Å². The van der Waals surface area contributed by atoms with Crippen molar-refractivity contribution in [2.75, 3.05) is 13.6 Å². The van der Waals surface area contributed by atoms with Crippen molar-refractivity contribution in [1.82, 2.24) is 10.6 Å². The summed E-state index contributed by atoms with van der Waals surface area (Å²) in [6.45, 7) is 1.47. The molecule has 0 aliphatic heterocycles. The number of guanidine groups is 1. The first kappa shape index (κ1) is 18.1. The van der Waals surface area contributed by atoms with Crippen LogP contribution >= 0.6 is 35.6 Å². The summed E-state index contributed by atoms with van der Waals surface area (Å²) in [4.78, 5) is 4.26. The van der Waals surface area contributed by atoms with E-state index in [1.54, 1.807) is 13.3 Å². The van der Waals surface area contributed by atoms with Gasteiger partial charge >= 0.3 is 0 Å². The summed E-state index contributed by atoms with van der Waals surface area (Å²) in [7, 11) is 1.77. The van der Waals surface area contributed by atoms with Gasteiger partial charge in [0.1, 0.15) is 5.76 Å². The number of nitrogens with zero attached hydrogens (tertiary/aromatic N) is 1. The van der Waals surface area contributed by atoms with Crippen LogP contribution in [0.5, 0.6) is 0 Å². The molecule has 2 N–H and O–H groups in total. The zero-order valence-electron chi connectivity index (χ0n) is 13.0. The first-order chi connectivity index (χ1) is 10.7. The zero-order chi connectivity index (χ0) is 15.4. The molecule has 1 aromatic carbocycles. The van der Waals surface area contributed by atoms with Gasteiger partial charge in [-0.2, -0.15) is 0 Å². The van der Waals surface area contributed by atoms with E-state index >= 15 is 0 Å². The number of aliphatic imine (C=N–C) groups is 1. The lowest BCUT2D eigenvalue weighted by Crippen LogP contribution is -2.40. The second-order valence-electron chi connectivity index (χ2n) is 5.65. The monoisotopic (exact) mass is 445 g/mol. The molecule has 1 aromatic heterocycles. The molecule has 1 aliphatic carbocycles. The van der Waals surface area contributed by atoms with Gasteiger partial charge in [-0.15, -0.1) is 24.0 Å². The fourth-order valence-corrected chi connectivity index (χ4v) is 2.78. The number of hydrogen-bond acceptors (Lipinski definition) is 2. The van der Waals surface area contributed by atoms with E-state index in [0.29, 0.717) is 6.54 Å². The van der Waals surface area contributed by atoms with Crippen LogP contribution in [-0.4, -0.2) is 19.6 Å². The smallest absolute Gasteiger partial charge is 0.191 e. The highest BCUT2D eigenvalue weighted by molar-refractivity contribution is 14.0. The van der Waals surface area contributed by atoms with Gasteiger partial charge in [-0.05, 0) is 42.7 Å². The summed E-state index contributed by atoms with van der Waals surface area (Å²) in [6, 6.07) is 12.0. The van der Waals surface area contributed by atoms with Crippen molar-refractivity contribution in [3.05, 3.63) is 59.0 Å². The molecule has 0 atom stereocenters. The minimum Gasteiger partial charge on any atom is -0.467 e. The maximum absolute atomic E-state index is 6.11. The minimum absolute atomic E-state index is 0. The molecule has 1 heterocycles. The van der Waals surface area contributed by atoms with Crippen molar-refractivity contribution in [2.24, 2.45) is 4.99 Å². The van der Waals surface area contributed by atoms with Crippen molar-refractivity contribution >= 4 is 41.5 Å². The normalized spacial score (nSPS) is 15.7. The third-order valence-corrected chi connectivity index (χ3v) is 4.35. The lowest BCUT2D eigenvalue weighted by Gasteiger charge is -2.19. The van der Waals surface area contributed by atoms with Crippen LogP contribution in [0.4, 0.5) is 0 Å². The summed E-state index contributed by atoms with van der Waals surface area (Å²) in [5.41, 5.74) is 1.49. The Bertz CT molecular complexity index is 654. The molecule has 0 unspecified atom stereocenters.